The monoisotopic (exact) mass is 141 g/mol. The van der Waals surface area contributed by atoms with Crippen molar-refractivity contribution in [1.29, 1.82) is 5.26 Å². The van der Waals surface area contributed by atoms with Crippen LogP contribution in [-0.2, 0) is 4.79 Å². The van der Waals surface area contributed by atoms with Crippen LogP contribution >= 0.6 is 0 Å². The third kappa shape index (κ3) is 2.16. The molecule has 3 heteroatoms. The molecule has 0 rings (SSSR count). The third-order valence-corrected chi connectivity index (χ3v) is 1.62. The van der Waals surface area contributed by atoms with E-state index >= 15 is 0 Å². The summed E-state index contributed by atoms with van der Waals surface area (Å²) in [5, 5.41) is 17.7. The van der Waals surface area contributed by atoms with Crippen LogP contribution < -0.4 is 0 Å². The van der Waals surface area contributed by atoms with E-state index in [-0.39, 0.29) is 6.42 Å². The van der Waals surface area contributed by atoms with Gasteiger partial charge in [0, 0.05) is 6.42 Å². The number of rotatable bonds is 3. The minimum absolute atomic E-state index is 0.0156. The summed E-state index contributed by atoms with van der Waals surface area (Å²) < 4.78 is 0. The largest absolute Gasteiger partial charge is 0.388 e. The Morgan fingerprint density at radius 2 is 2.40 bits per heavy atom. The fourth-order valence-electron chi connectivity index (χ4n) is 0.485. The molecule has 0 aromatic rings. The number of aldehydes is 1. The van der Waals surface area contributed by atoms with Gasteiger partial charge in [-0.05, 0) is 13.8 Å². The van der Waals surface area contributed by atoms with Gasteiger partial charge in [0.2, 0.25) is 0 Å². The molecule has 0 spiro atoms. The van der Waals surface area contributed by atoms with E-state index in [1.54, 1.807) is 6.92 Å². The highest BCUT2D eigenvalue weighted by Crippen LogP contribution is 2.18. The van der Waals surface area contributed by atoms with Crippen LogP contribution in [0.15, 0.2) is 0 Å². The summed E-state index contributed by atoms with van der Waals surface area (Å²) in [6.45, 7) is 3.07. The summed E-state index contributed by atoms with van der Waals surface area (Å²) in [5.74, 6) is -0.502. The van der Waals surface area contributed by atoms with Crippen molar-refractivity contribution in [3.8, 4) is 6.07 Å². The maximum Gasteiger partial charge on any atom is 0.122 e. The lowest BCUT2D eigenvalue weighted by Gasteiger charge is -2.22. The summed E-state index contributed by atoms with van der Waals surface area (Å²) in [4.78, 5) is 9.97. The molecule has 56 valence electrons. The predicted molar refractivity (Wildman–Crippen MR) is 36.1 cm³/mol. The van der Waals surface area contributed by atoms with Crippen LogP contribution in [0.2, 0.25) is 0 Å². The van der Waals surface area contributed by atoms with Crippen LogP contribution in [0, 0.1) is 17.2 Å². The Balaban J connectivity index is 4.11. The van der Waals surface area contributed by atoms with Crippen LogP contribution in [0.3, 0.4) is 0 Å². The third-order valence-electron chi connectivity index (χ3n) is 1.62. The van der Waals surface area contributed by atoms with Gasteiger partial charge >= 0.3 is 0 Å². The SMILES string of the molecule is CC(C#N)C(C)(O)CC=O. The number of aliphatic hydroxyl groups is 1. The second-order valence-corrected chi connectivity index (χ2v) is 2.58. The summed E-state index contributed by atoms with van der Waals surface area (Å²) in [6.07, 6.45) is 0.634. The van der Waals surface area contributed by atoms with E-state index < -0.39 is 11.5 Å². The van der Waals surface area contributed by atoms with Gasteiger partial charge in [-0.25, -0.2) is 0 Å². The molecule has 0 saturated heterocycles. The van der Waals surface area contributed by atoms with Crippen molar-refractivity contribution in [2.24, 2.45) is 5.92 Å². The van der Waals surface area contributed by atoms with Crippen LogP contribution in [0.1, 0.15) is 20.3 Å². The van der Waals surface area contributed by atoms with Crippen molar-refractivity contribution in [1.82, 2.24) is 0 Å². The van der Waals surface area contributed by atoms with Crippen LogP contribution in [0.4, 0.5) is 0 Å². The second-order valence-electron chi connectivity index (χ2n) is 2.58. The summed E-state index contributed by atoms with van der Waals surface area (Å²) >= 11 is 0. The van der Waals surface area contributed by atoms with E-state index in [0.29, 0.717) is 6.29 Å². The zero-order chi connectivity index (χ0) is 8.20. The van der Waals surface area contributed by atoms with E-state index in [9.17, 15) is 9.90 Å². The topological polar surface area (TPSA) is 61.1 Å². The number of carbonyl (C=O) groups excluding carboxylic acids is 1. The Morgan fingerprint density at radius 3 is 2.70 bits per heavy atom. The minimum Gasteiger partial charge on any atom is -0.388 e. The van der Waals surface area contributed by atoms with Gasteiger partial charge in [0.15, 0.2) is 0 Å². The molecule has 3 nitrogen and oxygen atoms in total. The first kappa shape index (κ1) is 9.12. The fraction of sp³-hybridized carbons (Fsp3) is 0.714. The number of carbonyl (C=O) groups is 1. The lowest BCUT2D eigenvalue weighted by Crippen LogP contribution is -2.32. The molecule has 0 radical (unpaired) electrons. The average molecular weight is 141 g/mol. The van der Waals surface area contributed by atoms with Gasteiger partial charge in [0.25, 0.3) is 0 Å². The van der Waals surface area contributed by atoms with Gasteiger partial charge in [-0.2, -0.15) is 5.26 Å². The molecule has 10 heavy (non-hydrogen) atoms. The van der Waals surface area contributed by atoms with Crippen molar-refractivity contribution in [3.05, 3.63) is 0 Å². The highest BCUT2D eigenvalue weighted by atomic mass is 16.3. The number of hydrogen-bond donors (Lipinski definition) is 1. The van der Waals surface area contributed by atoms with E-state index in [1.165, 1.54) is 6.92 Å². The normalized spacial score (nSPS) is 18.6. The number of hydrogen-bond acceptors (Lipinski definition) is 3. The Kier molecular flexibility index (Phi) is 3.04. The molecule has 0 fully saturated rings. The van der Waals surface area contributed by atoms with Crippen molar-refractivity contribution in [3.63, 3.8) is 0 Å². The molecular weight excluding hydrogens is 130 g/mol. The highest BCUT2D eigenvalue weighted by Gasteiger charge is 2.27. The number of nitriles is 1. The molecule has 0 aromatic carbocycles. The standard InChI is InChI=1S/C7H11NO2/c1-6(5-8)7(2,10)3-4-9/h4,6,10H,3H2,1-2H3. The summed E-state index contributed by atoms with van der Waals surface area (Å²) in [6, 6.07) is 1.88. The molecule has 0 heterocycles. The van der Waals surface area contributed by atoms with Gasteiger partial charge in [-0.15, -0.1) is 0 Å². The Bertz CT molecular complexity index is 157. The molecular formula is C7H11NO2. The predicted octanol–water partition coefficient (Wildman–Crippen LogP) is 0.486. The molecule has 1 N–H and O–H groups in total. The first-order valence-electron chi connectivity index (χ1n) is 3.10. The van der Waals surface area contributed by atoms with Crippen molar-refractivity contribution in [2.75, 3.05) is 0 Å². The van der Waals surface area contributed by atoms with Gasteiger partial charge < -0.3 is 9.90 Å². The molecule has 0 aliphatic carbocycles. The lowest BCUT2D eigenvalue weighted by atomic mass is 9.89. The molecule has 0 aliphatic rings. The lowest BCUT2D eigenvalue weighted by molar-refractivity contribution is -0.112. The second kappa shape index (κ2) is 3.33. The highest BCUT2D eigenvalue weighted by molar-refractivity contribution is 5.51. The van der Waals surface area contributed by atoms with Crippen molar-refractivity contribution >= 4 is 6.29 Å². The first-order chi connectivity index (χ1) is 4.54. The molecule has 0 amide bonds. The Morgan fingerprint density at radius 1 is 1.90 bits per heavy atom. The van der Waals surface area contributed by atoms with Crippen LogP contribution in [-0.4, -0.2) is 17.0 Å². The van der Waals surface area contributed by atoms with Gasteiger partial charge in [0.05, 0.1) is 17.6 Å². The summed E-state index contributed by atoms with van der Waals surface area (Å²) in [7, 11) is 0. The molecule has 2 atom stereocenters. The van der Waals surface area contributed by atoms with Crippen molar-refractivity contribution in [2.45, 2.75) is 25.9 Å². The molecule has 0 aliphatic heterocycles. The quantitative estimate of drug-likeness (QED) is 0.582. The maximum absolute atomic E-state index is 9.97. The molecule has 0 bridgehead atoms. The smallest absolute Gasteiger partial charge is 0.122 e. The van der Waals surface area contributed by atoms with E-state index in [2.05, 4.69) is 0 Å². The molecule has 2 unspecified atom stereocenters. The fourth-order valence-corrected chi connectivity index (χ4v) is 0.485. The summed E-state index contributed by atoms with van der Waals surface area (Å²) in [5.41, 5.74) is -1.17. The Labute approximate surface area is 60.3 Å². The van der Waals surface area contributed by atoms with Gasteiger partial charge in [-0.1, -0.05) is 0 Å². The van der Waals surface area contributed by atoms with E-state index in [0.717, 1.165) is 0 Å². The number of nitrogens with zero attached hydrogens (tertiary/aromatic N) is 1. The minimum atomic E-state index is -1.17. The van der Waals surface area contributed by atoms with Crippen molar-refractivity contribution < 1.29 is 9.90 Å². The van der Waals surface area contributed by atoms with Crippen LogP contribution in [0.25, 0.3) is 0 Å². The van der Waals surface area contributed by atoms with Crippen LogP contribution in [0.5, 0.6) is 0 Å². The Hall–Kier alpha value is -0.880. The molecule has 0 aromatic heterocycles. The first-order valence-corrected chi connectivity index (χ1v) is 3.10. The maximum atomic E-state index is 9.97. The van der Waals surface area contributed by atoms with Gasteiger partial charge in [0.1, 0.15) is 6.29 Å². The van der Waals surface area contributed by atoms with Gasteiger partial charge in [-0.3, -0.25) is 0 Å². The van der Waals surface area contributed by atoms with E-state index in [4.69, 9.17) is 5.26 Å². The van der Waals surface area contributed by atoms with E-state index in [1.807, 2.05) is 6.07 Å². The zero-order valence-corrected chi connectivity index (χ0v) is 6.16. The average Bonchev–Trinajstić information content (AvgIpc) is 1.86. The zero-order valence-electron chi connectivity index (χ0n) is 6.16. The molecule has 0 saturated carbocycles.